The predicted octanol–water partition coefficient (Wildman–Crippen LogP) is 5.41. The van der Waals surface area contributed by atoms with Crippen LogP contribution >= 0.6 is 0 Å². The number of hydrogen-bond donors (Lipinski definition) is 0. The zero-order valence-electron chi connectivity index (χ0n) is 12.8. The van der Waals surface area contributed by atoms with E-state index in [0.29, 0.717) is 5.92 Å². The molecule has 1 rings (SSSR count). The van der Waals surface area contributed by atoms with Gasteiger partial charge < -0.3 is 0 Å². The molecule has 0 amide bonds. The molecule has 1 aromatic carbocycles. The summed E-state index contributed by atoms with van der Waals surface area (Å²) in [5, 5.41) is 0. The van der Waals surface area contributed by atoms with Crippen molar-refractivity contribution < 1.29 is 0 Å². The van der Waals surface area contributed by atoms with Gasteiger partial charge in [-0.1, -0.05) is 73.6 Å². The van der Waals surface area contributed by atoms with E-state index in [1.165, 1.54) is 16.7 Å². The fourth-order valence-electron chi connectivity index (χ4n) is 2.20. The van der Waals surface area contributed by atoms with Crippen LogP contribution in [0.3, 0.4) is 0 Å². The van der Waals surface area contributed by atoms with Gasteiger partial charge in [0.25, 0.3) is 0 Å². The van der Waals surface area contributed by atoms with Gasteiger partial charge in [-0.3, -0.25) is 0 Å². The van der Waals surface area contributed by atoms with E-state index in [0.717, 1.165) is 0 Å². The molecule has 0 aromatic heterocycles. The van der Waals surface area contributed by atoms with E-state index in [-0.39, 0.29) is 10.8 Å². The van der Waals surface area contributed by atoms with E-state index < -0.39 is 0 Å². The van der Waals surface area contributed by atoms with Gasteiger partial charge in [-0.25, -0.2) is 0 Å². The molecule has 0 saturated carbocycles. The first-order chi connectivity index (χ1) is 7.53. The average Bonchev–Trinajstić information content (AvgIpc) is 2.14. The highest BCUT2D eigenvalue weighted by atomic mass is 14.3. The Morgan fingerprint density at radius 1 is 0.765 bits per heavy atom. The predicted molar refractivity (Wildman–Crippen MR) is 77.9 cm³/mol. The van der Waals surface area contributed by atoms with Crippen LogP contribution in [-0.4, -0.2) is 0 Å². The topological polar surface area (TPSA) is 0 Å². The summed E-state index contributed by atoms with van der Waals surface area (Å²) in [6.45, 7) is 18.3. The third-order valence-corrected chi connectivity index (χ3v) is 3.33. The summed E-state index contributed by atoms with van der Waals surface area (Å²) in [5.74, 6) is 0.602. The van der Waals surface area contributed by atoms with Crippen molar-refractivity contribution in [2.75, 3.05) is 0 Å². The second-order valence-electron chi connectivity index (χ2n) is 7.46. The minimum atomic E-state index is 0.216. The van der Waals surface area contributed by atoms with Crippen LogP contribution in [0.25, 0.3) is 0 Å². The van der Waals surface area contributed by atoms with Gasteiger partial charge >= 0.3 is 0 Å². The largest absolute Gasteiger partial charge is 0.0587 e. The van der Waals surface area contributed by atoms with Crippen LogP contribution in [0.1, 0.15) is 78.0 Å². The molecule has 0 nitrogen and oxygen atoms in total. The molecule has 0 aliphatic rings. The highest BCUT2D eigenvalue weighted by Crippen LogP contribution is 2.35. The lowest BCUT2D eigenvalue weighted by atomic mass is 9.74. The number of rotatable bonds is 1. The molecule has 1 aromatic rings. The van der Waals surface area contributed by atoms with Gasteiger partial charge in [0, 0.05) is 0 Å². The zero-order chi connectivity index (χ0) is 13.4. The summed E-state index contributed by atoms with van der Waals surface area (Å²) in [4.78, 5) is 0. The molecule has 0 heterocycles. The Bertz CT molecular complexity index is 383. The van der Waals surface area contributed by atoms with Gasteiger partial charge in [0.05, 0.1) is 0 Å². The minimum absolute atomic E-state index is 0.216. The Balaban J connectivity index is 3.43. The first-order valence-corrected chi connectivity index (χ1v) is 6.68. The zero-order valence-corrected chi connectivity index (χ0v) is 12.8. The SMILES string of the molecule is CC(C)c1ccc(C(C)(C)C)c(C(C)(C)C)c1. The Morgan fingerprint density at radius 3 is 1.59 bits per heavy atom. The molecule has 0 heteroatoms. The molecule has 0 radical (unpaired) electrons. The van der Waals surface area contributed by atoms with E-state index in [4.69, 9.17) is 0 Å². The maximum absolute atomic E-state index is 2.41. The molecule has 0 aliphatic carbocycles. The second-order valence-corrected chi connectivity index (χ2v) is 7.46. The maximum atomic E-state index is 2.41. The number of benzene rings is 1. The van der Waals surface area contributed by atoms with Crippen LogP contribution in [0, 0.1) is 0 Å². The third-order valence-electron chi connectivity index (χ3n) is 3.33. The normalized spacial score (nSPS) is 13.2. The van der Waals surface area contributed by atoms with Crippen molar-refractivity contribution in [3.8, 4) is 0 Å². The van der Waals surface area contributed by atoms with E-state index in [9.17, 15) is 0 Å². The first kappa shape index (κ1) is 14.3. The van der Waals surface area contributed by atoms with E-state index in [1.807, 2.05) is 0 Å². The van der Waals surface area contributed by atoms with Crippen molar-refractivity contribution in [2.24, 2.45) is 0 Å². The summed E-state index contributed by atoms with van der Waals surface area (Å²) < 4.78 is 0. The average molecular weight is 232 g/mol. The van der Waals surface area contributed by atoms with Crippen LogP contribution < -0.4 is 0 Å². The molecule has 0 atom stereocenters. The molecule has 0 unspecified atom stereocenters. The minimum Gasteiger partial charge on any atom is -0.0587 e. The molecular formula is C17H28. The van der Waals surface area contributed by atoms with Crippen LogP contribution in [0.5, 0.6) is 0 Å². The summed E-state index contributed by atoms with van der Waals surface area (Å²) in [5.41, 5.74) is 4.86. The summed E-state index contributed by atoms with van der Waals surface area (Å²) in [6.07, 6.45) is 0. The van der Waals surface area contributed by atoms with Gasteiger partial charge in [-0.2, -0.15) is 0 Å². The number of hydrogen-bond acceptors (Lipinski definition) is 0. The molecule has 0 fully saturated rings. The molecule has 96 valence electrons. The lowest BCUT2D eigenvalue weighted by Crippen LogP contribution is -2.22. The van der Waals surface area contributed by atoms with Crippen LogP contribution in [-0.2, 0) is 10.8 Å². The van der Waals surface area contributed by atoms with Crippen molar-refractivity contribution >= 4 is 0 Å². The van der Waals surface area contributed by atoms with Crippen LogP contribution in [0.15, 0.2) is 18.2 Å². The molecule has 17 heavy (non-hydrogen) atoms. The molecule has 0 N–H and O–H groups in total. The maximum Gasteiger partial charge on any atom is -0.0129 e. The smallest absolute Gasteiger partial charge is 0.0129 e. The Kier molecular flexibility index (Phi) is 3.76. The molecule has 0 spiro atoms. The van der Waals surface area contributed by atoms with Gasteiger partial charge in [0.1, 0.15) is 0 Å². The van der Waals surface area contributed by atoms with Crippen molar-refractivity contribution in [3.05, 3.63) is 34.9 Å². The summed E-state index contributed by atoms with van der Waals surface area (Å²) in [7, 11) is 0. The molecule has 0 bridgehead atoms. The van der Waals surface area contributed by atoms with E-state index in [1.54, 1.807) is 0 Å². The first-order valence-electron chi connectivity index (χ1n) is 6.68. The highest BCUT2D eigenvalue weighted by Gasteiger charge is 2.25. The van der Waals surface area contributed by atoms with Crippen LogP contribution in [0.4, 0.5) is 0 Å². The Labute approximate surface area is 107 Å². The fourth-order valence-corrected chi connectivity index (χ4v) is 2.20. The van der Waals surface area contributed by atoms with E-state index >= 15 is 0 Å². The summed E-state index contributed by atoms with van der Waals surface area (Å²) >= 11 is 0. The second kappa shape index (κ2) is 4.48. The van der Waals surface area contributed by atoms with Crippen molar-refractivity contribution in [1.29, 1.82) is 0 Å². The van der Waals surface area contributed by atoms with Gasteiger partial charge in [-0.05, 0) is 33.4 Å². The lowest BCUT2D eigenvalue weighted by molar-refractivity contribution is 0.529. The van der Waals surface area contributed by atoms with Crippen molar-refractivity contribution in [1.82, 2.24) is 0 Å². The van der Waals surface area contributed by atoms with Crippen molar-refractivity contribution in [3.63, 3.8) is 0 Å². The van der Waals surface area contributed by atoms with Gasteiger partial charge in [-0.15, -0.1) is 0 Å². The summed E-state index contributed by atoms with van der Waals surface area (Å²) in [6, 6.07) is 7.03. The Morgan fingerprint density at radius 2 is 1.24 bits per heavy atom. The van der Waals surface area contributed by atoms with Crippen molar-refractivity contribution in [2.45, 2.75) is 72.1 Å². The quantitative estimate of drug-likeness (QED) is 0.607. The molecule has 0 saturated heterocycles. The van der Waals surface area contributed by atoms with E-state index in [2.05, 4.69) is 73.6 Å². The Hall–Kier alpha value is -0.780. The third kappa shape index (κ3) is 3.34. The standard InChI is InChI=1S/C17H28/c1-12(2)13-9-10-14(16(3,4)5)15(11-13)17(6,7)8/h9-12H,1-8H3. The highest BCUT2D eigenvalue weighted by molar-refractivity contribution is 5.41. The van der Waals surface area contributed by atoms with Gasteiger partial charge in [0.2, 0.25) is 0 Å². The fraction of sp³-hybridized carbons (Fsp3) is 0.647. The lowest BCUT2D eigenvalue weighted by Gasteiger charge is -2.31. The van der Waals surface area contributed by atoms with Gasteiger partial charge in [0.15, 0.2) is 0 Å². The molecule has 0 aliphatic heterocycles. The van der Waals surface area contributed by atoms with Crippen LogP contribution in [0.2, 0.25) is 0 Å². The monoisotopic (exact) mass is 232 g/mol. The molecular weight excluding hydrogens is 204 g/mol.